The van der Waals surface area contributed by atoms with E-state index in [0.717, 1.165) is 45.7 Å². The molecule has 0 aliphatic carbocycles. The Bertz CT molecular complexity index is 1450. The number of hydrogen-bond donors (Lipinski definition) is 0. The summed E-state index contributed by atoms with van der Waals surface area (Å²) in [6.45, 7) is 4.25. The molecule has 0 atom stereocenters. The van der Waals surface area contributed by atoms with Crippen LogP contribution in [0.25, 0.3) is 22.0 Å². The molecule has 0 bridgehead atoms. The third kappa shape index (κ3) is 3.93. The van der Waals surface area contributed by atoms with Crippen molar-refractivity contribution in [3.63, 3.8) is 0 Å². The van der Waals surface area contributed by atoms with E-state index in [4.69, 9.17) is 0 Å². The van der Waals surface area contributed by atoms with E-state index in [0.29, 0.717) is 17.9 Å². The van der Waals surface area contributed by atoms with Gasteiger partial charge >= 0.3 is 6.18 Å². The van der Waals surface area contributed by atoms with Gasteiger partial charge in [0.2, 0.25) is 0 Å². The van der Waals surface area contributed by atoms with Gasteiger partial charge in [-0.2, -0.15) is 18.4 Å². The monoisotopic (exact) mass is 473 g/mol. The molecule has 2 aromatic carbocycles. The lowest BCUT2D eigenvalue weighted by molar-refractivity contribution is -0.137. The van der Waals surface area contributed by atoms with Gasteiger partial charge in [0, 0.05) is 12.4 Å². The first kappa shape index (κ1) is 22.7. The number of nitrogens with zero attached hydrogens (tertiary/aromatic N) is 5. The van der Waals surface area contributed by atoms with Crippen LogP contribution in [0.2, 0.25) is 0 Å². The van der Waals surface area contributed by atoms with Crippen molar-refractivity contribution in [3.8, 4) is 17.2 Å². The number of benzene rings is 2. The molecule has 0 unspecified atom stereocenters. The van der Waals surface area contributed by atoms with Crippen LogP contribution in [-0.4, -0.2) is 23.7 Å². The molecule has 3 heterocycles. The largest absolute Gasteiger partial charge is 0.416 e. The summed E-state index contributed by atoms with van der Waals surface area (Å²) in [5.74, 6) is 0. The number of anilines is 3. The second kappa shape index (κ2) is 7.98. The van der Waals surface area contributed by atoms with Gasteiger partial charge in [0.05, 0.1) is 64.4 Å². The van der Waals surface area contributed by atoms with Gasteiger partial charge in [0.1, 0.15) is 0 Å². The van der Waals surface area contributed by atoms with Crippen LogP contribution in [0, 0.1) is 11.3 Å². The predicted octanol–water partition coefficient (Wildman–Crippen LogP) is 6.66. The Labute approximate surface area is 201 Å². The number of aromatic nitrogens is 2. The average Bonchev–Trinajstić information content (AvgIpc) is 3.20. The van der Waals surface area contributed by atoms with Crippen LogP contribution < -0.4 is 9.80 Å². The van der Waals surface area contributed by atoms with Crippen LogP contribution in [0.1, 0.15) is 25.1 Å². The minimum atomic E-state index is -4.37. The van der Waals surface area contributed by atoms with Crippen LogP contribution in [0.3, 0.4) is 0 Å². The maximum atomic E-state index is 13.0. The number of halogens is 3. The van der Waals surface area contributed by atoms with E-state index in [2.05, 4.69) is 25.8 Å². The van der Waals surface area contributed by atoms with Gasteiger partial charge in [-0.15, -0.1) is 0 Å². The highest BCUT2D eigenvalue weighted by Crippen LogP contribution is 2.45. The summed E-state index contributed by atoms with van der Waals surface area (Å²) in [7, 11) is 1.98. The maximum absolute atomic E-state index is 13.0. The predicted molar refractivity (Wildman–Crippen MR) is 130 cm³/mol. The highest BCUT2D eigenvalue weighted by atomic mass is 19.4. The lowest BCUT2D eigenvalue weighted by Crippen LogP contribution is -2.24. The summed E-state index contributed by atoms with van der Waals surface area (Å²) in [6.07, 6.45) is -0.775. The first-order valence-electron chi connectivity index (χ1n) is 11.1. The number of rotatable bonds is 3. The molecule has 4 aromatic rings. The summed E-state index contributed by atoms with van der Waals surface area (Å²) >= 11 is 0. The molecular weight excluding hydrogens is 451 g/mol. The van der Waals surface area contributed by atoms with Crippen LogP contribution in [-0.2, 0) is 11.6 Å². The summed E-state index contributed by atoms with van der Waals surface area (Å²) in [4.78, 5) is 13.4. The third-order valence-corrected chi connectivity index (χ3v) is 6.38. The van der Waals surface area contributed by atoms with Crippen molar-refractivity contribution in [2.75, 3.05) is 23.5 Å². The fourth-order valence-corrected chi connectivity index (χ4v) is 4.30. The number of pyridine rings is 2. The summed E-state index contributed by atoms with van der Waals surface area (Å²) < 4.78 is 39.0. The second-order valence-electron chi connectivity index (χ2n) is 9.20. The molecule has 2 aromatic heterocycles. The van der Waals surface area contributed by atoms with Gasteiger partial charge in [0.25, 0.3) is 0 Å². The molecule has 0 spiro atoms. The van der Waals surface area contributed by atoms with Crippen molar-refractivity contribution in [1.29, 1.82) is 5.26 Å². The molecule has 0 N–H and O–H groups in total. The van der Waals surface area contributed by atoms with Gasteiger partial charge in [0.15, 0.2) is 0 Å². The quantitative estimate of drug-likeness (QED) is 0.333. The van der Waals surface area contributed by atoms with Crippen molar-refractivity contribution >= 4 is 28.0 Å². The first-order valence-corrected chi connectivity index (χ1v) is 11.1. The number of alkyl halides is 3. The minimum Gasteiger partial charge on any atom is -0.354 e. The molecule has 35 heavy (non-hydrogen) atoms. The van der Waals surface area contributed by atoms with Gasteiger partial charge in [-0.1, -0.05) is 18.2 Å². The third-order valence-electron chi connectivity index (χ3n) is 6.38. The molecule has 0 saturated carbocycles. The normalized spacial score (nSPS) is 13.7. The first-order chi connectivity index (χ1) is 16.6. The second-order valence-corrected chi connectivity index (χ2v) is 9.20. The van der Waals surface area contributed by atoms with Crippen LogP contribution in [0.15, 0.2) is 67.0 Å². The van der Waals surface area contributed by atoms with E-state index in [1.54, 1.807) is 6.20 Å². The number of hydrogen-bond acceptors (Lipinski definition) is 5. The minimum absolute atomic E-state index is 0.587. The SMILES string of the molecule is CN1CN(c2ccc(C(C)(C)C#N)nc2)c2c1cnc1ccc(-c3ccc(C(F)(F)F)cc3)cc21. The topological polar surface area (TPSA) is 56.0 Å². The van der Waals surface area contributed by atoms with Crippen molar-refractivity contribution in [2.24, 2.45) is 0 Å². The highest BCUT2D eigenvalue weighted by molar-refractivity contribution is 6.04. The van der Waals surface area contributed by atoms with Gasteiger partial charge in [-0.3, -0.25) is 9.97 Å². The molecule has 0 radical (unpaired) electrons. The molecule has 5 nitrogen and oxygen atoms in total. The van der Waals surface area contributed by atoms with Crippen molar-refractivity contribution in [1.82, 2.24) is 9.97 Å². The summed E-state index contributed by atoms with van der Waals surface area (Å²) in [5, 5.41) is 10.3. The zero-order chi connectivity index (χ0) is 25.0. The highest BCUT2D eigenvalue weighted by Gasteiger charge is 2.31. The van der Waals surface area contributed by atoms with E-state index >= 15 is 0 Å². The molecule has 0 amide bonds. The Hall–Kier alpha value is -4.12. The summed E-state index contributed by atoms with van der Waals surface area (Å²) in [6, 6.07) is 17.0. The fraction of sp³-hybridized carbons (Fsp3) is 0.222. The zero-order valence-corrected chi connectivity index (χ0v) is 19.4. The lowest BCUT2D eigenvalue weighted by Gasteiger charge is -2.22. The summed E-state index contributed by atoms with van der Waals surface area (Å²) in [5.41, 5.74) is 4.40. The maximum Gasteiger partial charge on any atom is 0.416 e. The van der Waals surface area contributed by atoms with E-state index < -0.39 is 17.2 Å². The molecule has 1 aliphatic heterocycles. The zero-order valence-electron chi connectivity index (χ0n) is 19.4. The Morgan fingerprint density at radius 2 is 1.63 bits per heavy atom. The van der Waals surface area contributed by atoms with E-state index in [1.807, 2.05) is 57.4 Å². The van der Waals surface area contributed by atoms with Crippen LogP contribution in [0.5, 0.6) is 0 Å². The van der Waals surface area contributed by atoms with Gasteiger partial charge in [-0.05, 0) is 61.4 Å². The number of nitriles is 1. The Kier molecular flexibility index (Phi) is 5.17. The Morgan fingerprint density at radius 1 is 0.914 bits per heavy atom. The van der Waals surface area contributed by atoms with Gasteiger partial charge in [-0.25, -0.2) is 0 Å². The van der Waals surface area contributed by atoms with E-state index in [1.165, 1.54) is 12.1 Å². The number of fused-ring (bicyclic) bond motifs is 3. The lowest BCUT2D eigenvalue weighted by atomic mass is 9.91. The fourth-order valence-electron chi connectivity index (χ4n) is 4.30. The smallest absolute Gasteiger partial charge is 0.354 e. The molecular formula is C27H22F3N5. The van der Waals surface area contributed by atoms with Gasteiger partial charge < -0.3 is 9.80 Å². The van der Waals surface area contributed by atoms with E-state index in [9.17, 15) is 18.4 Å². The Morgan fingerprint density at radius 3 is 2.26 bits per heavy atom. The molecule has 1 aliphatic rings. The van der Waals surface area contributed by atoms with Crippen molar-refractivity contribution in [3.05, 3.63) is 78.2 Å². The van der Waals surface area contributed by atoms with Crippen molar-refractivity contribution < 1.29 is 13.2 Å². The van der Waals surface area contributed by atoms with E-state index in [-0.39, 0.29) is 0 Å². The molecule has 176 valence electrons. The standard InChI is InChI=1S/C27H22F3N5/c1-26(2,15-31)24-11-9-20(13-33-24)35-16-34(3)23-14-32-22-10-6-18(12-21(22)25(23)35)17-4-7-19(8-5-17)27(28,29)30/h4-14H,16H2,1-3H3. The van der Waals surface area contributed by atoms with Crippen LogP contribution in [0.4, 0.5) is 30.2 Å². The molecule has 0 saturated heterocycles. The van der Waals surface area contributed by atoms with Crippen LogP contribution >= 0.6 is 0 Å². The molecule has 5 rings (SSSR count). The van der Waals surface area contributed by atoms with Crippen molar-refractivity contribution in [2.45, 2.75) is 25.4 Å². The molecule has 8 heteroatoms. The molecule has 0 fully saturated rings. The Balaban J connectivity index is 1.59. The average molecular weight is 474 g/mol.